The Morgan fingerprint density at radius 2 is 2.06 bits per heavy atom. The maximum atomic E-state index is 14.1. The minimum absolute atomic E-state index is 0.187. The number of fused-ring (bicyclic) bond motifs is 2. The highest BCUT2D eigenvalue weighted by molar-refractivity contribution is 5.98. The van der Waals surface area contributed by atoms with E-state index in [9.17, 15) is 9.18 Å². The predicted molar refractivity (Wildman–Crippen MR) is 120 cm³/mol. The van der Waals surface area contributed by atoms with E-state index in [1.54, 1.807) is 18.3 Å². The van der Waals surface area contributed by atoms with E-state index in [0.717, 1.165) is 38.9 Å². The third-order valence-electron chi connectivity index (χ3n) is 5.63. The SMILES string of the molecule is Cc1cc(CNC(=O)C(C)c2c(-c3ccc4ncccc4c3)[nH]c3ccc(F)cc23)on1. The molecule has 0 radical (unpaired) electrons. The van der Waals surface area contributed by atoms with Crippen molar-refractivity contribution in [3.05, 3.63) is 83.6 Å². The van der Waals surface area contributed by atoms with Gasteiger partial charge in [0.2, 0.25) is 5.91 Å². The fourth-order valence-electron chi connectivity index (χ4n) is 4.05. The van der Waals surface area contributed by atoms with Crippen molar-refractivity contribution in [2.24, 2.45) is 0 Å². The summed E-state index contributed by atoms with van der Waals surface area (Å²) in [6.07, 6.45) is 1.75. The number of carbonyl (C=O) groups is 1. The van der Waals surface area contributed by atoms with E-state index in [4.69, 9.17) is 4.52 Å². The van der Waals surface area contributed by atoms with Gasteiger partial charge in [0, 0.05) is 28.6 Å². The molecular weight excluding hydrogens is 407 g/mol. The Kier molecular flexibility index (Phi) is 4.93. The summed E-state index contributed by atoms with van der Waals surface area (Å²) in [6, 6.07) is 16.2. The van der Waals surface area contributed by atoms with E-state index in [-0.39, 0.29) is 18.3 Å². The minimum Gasteiger partial charge on any atom is -0.359 e. The lowest BCUT2D eigenvalue weighted by Gasteiger charge is -2.14. The molecule has 0 aliphatic carbocycles. The number of aromatic nitrogens is 3. The Morgan fingerprint density at radius 1 is 1.19 bits per heavy atom. The summed E-state index contributed by atoms with van der Waals surface area (Å²) in [5, 5.41) is 8.41. The number of rotatable bonds is 5. The van der Waals surface area contributed by atoms with Gasteiger partial charge in [-0.25, -0.2) is 4.39 Å². The number of hydrogen-bond donors (Lipinski definition) is 2. The highest BCUT2D eigenvalue weighted by Crippen LogP contribution is 2.37. The van der Waals surface area contributed by atoms with Crippen molar-refractivity contribution < 1.29 is 13.7 Å². The number of benzene rings is 2. The second kappa shape index (κ2) is 7.92. The second-order valence-corrected chi connectivity index (χ2v) is 7.89. The average molecular weight is 428 g/mol. The molecule has 2 aromatic carbocycles. The third kappa shape index (κ3) is 3.62. The Hall–Kier alpha value is -4.00. The van der Waals surface area contributed by atoms with E-state index < -0.39 is 5.92 Å². The van der Waals surface area contributed by atoms with Gasteiger partial charge in [0.15, 0.2) is 5.76 Å². The van der Waals surface area contributed by atoms with Gasteiger partial charge in [-0.2, -0.15) is 0 Å². The zero-order chi connectivity index (χ0) is 22.2. The van der Waals surface area contributed by atoms with Gasteiger partial charge in [0.25, 0.3) is 0 Å². The van der Waals surface area contributed by atoms with E-state index in [1.165, 1.54) is 12.1 Å². The van der Waals surface area contributed by atoms with E-state index in [0.29, 0.717) is 11.1 Å². The molecule has 1 amide bonds. The minimum atomic E-state index is -0.533. The van der Waals surface area contributed by atoms with Gasteiger partial charge in [0.05, 0.1) is 29.4 Å². The molecule has 0 bridgehead atoms. The summed E-state index contributed by atoms with van der Waals surface area (Å²) < 4.78 is 19.3. The molecule has 0 saturated carbocycles. The number of pyridine rings is 1. The molecule has 3 heterocycles. The molecule has 0 aliphatic rings. The summed E-state index contributed by atoms with van der Waals surface area (Å²) in [5.74, 6) is -0.492. The normalized spacial score (nSPS) is 12.3. The van der Waals surface area contributed by atoms with Crippen LogP contribution in [0.4, 0.5) is 4.39 Å². The predicted octanol–water partition coefficient (Wildman–Crippen LogP) is 5.24. The second-order valence-electron chi connectivity index (χ2n) is 7.89. The molecule has 1 atom stereocenters. The largest absolute Gasteiger partial charge is 0.359 e. The first-order valence-corrected chi connectivity index (χ1v) is 10.4. The summed E-state index contributed by atoms with van der Waals surface area (Å²) >= 11 is 0. The number of nitrogens with one attached hydrogen (secondary N) is 2. The van der Waals surface area contributed by atoms with E-state index >= 15 is 0 Å². The quantitative estimate of drug-likeness (QED) is 0.401. The number of amides is 1. The van der Waals surface area contributed by atoms with Crippen molar-refractivity contribution in [3.8, 4) is 11.3 Å². The maximum absolute atomic E-state index is 14.1. The first-order chi connectivity index (χ1) is 15.5. The van der Waals surface area contributed by atoms with Crippen molar-refractivity contribution in [3.63, 3.8) is 0 Å². The molecule has 5 aromatic rings. The first-order valence-electron chi connectivity index (χ1n) is 10.4. The summed E-state index contributed by atoms with van der Waals surface area (Å²) in [7, 11) is 0. The molecular formula is C25H21FN4O2. The highest BCUT2D eigenvalue weighted by Gasteiger charge is 2.24. The van der Waals surface area contributed by atoms with Gasteiger partial charge in [-0.3, -0.25) is 9.78 Å². The number of aryl methyl sites for hydroxylation is 1. The molecule has 6 nitrogen and oxygen atoms in total. The van der Waals surface area contributed by atoms with Crippen LogP contribution in [0.15, 0.2) is 65.3 Å². The lowest BCUT2D eigenvalue weighted by atomic mass is 9.93. The van der Waals surface area contributed by atoms with Crippen LogP contribution in [0.2, 0.25) is 0 Å². The fraction of sp³-hybridized carbons (Fsp3) is 0.160. The molecule has 7 heteroatoms. The van der Waals surface area contributed by atoms with E-state index in [2.05, 4.69) is 20.4 Å². The number of halogens is 1. The number of H-pyrrole nitrogens is 1. The average Bonchev–Trinajstić information content (AvgIpc) is 3.39. The van der Waals surface area contributed by atoms with Crippen LogP contribution < -0.4 is 5.32 Å². The molecule has 160 valence electrons. The zero-order valence-corrected chi connectivity index (χ0v) is 17.6. The van der Waals surface area contributed by atoms with Crippen LogP contribution >= 0.6 is 0 Å². The summed E-state index contributed by atoms with van der Waals surface area (Å²) in [6.45, 7) is 3.88. The van der Waals surface area contributed by atoms with Crippen molar-refractivity contribution in [1.29, 1.82) is 0 Å². The molecule has 2 N–H and O–H groups in total. The summed E-state index contributed by atoms with van der Waals surface area (Å²) in [5.41, 5.74) is 4.84. The van der Waals surface area contributed by atoms with E-state index in [1.807, 2.05) is 44.2 Å². The van der Waals surface area contributed by atoms with Crippen LogP contribution in [0.3, 0.4) is 0 Å². The molecule has 0 saturated heterocycles. The van der Waals surface area contributed by atoms with Crippen molar-refractivity contribution in [1.82, 2.24) is 20.4 Å². The maximum Gasteiger partial charge on any atom is 0.227 e. The van der Waals surface area contributed by atoms with Gasteiger partial charge in [0.1, 0.15) is 5.82 Å². The molecule has 0 aliphatic heterocycles. The number of nitrogens with zero attached hydrogens (tertiary/aromatic N) is 2. The van der Waals surface area contributed by atoms with Crippen molar-refractivity contribution >= 4 is 27.7 Å². The smallest absolute Gasteiger partial charge is 0.227 e. The number of carbonyl (C=O) groups excluding carboxylic acids is 1. The van der Waals surface area contributed by atoms with Crippen LogP contribution in [0.1, 0.15) is 29.9 Å². The van der Waals surface area contributed by atoms with Crippen LogP contribution in [0.5, 0.6) is 0 Å². The molecule has 0 spiro atoms. The third-order valence-corrected chi connectivity index (χ3v) is 5.63. The van der Waals surface area contributed by atoms with Crippen molar-refractivity contribution in [2.45, 2.75) is 26.3 Å². The van der Waals surface area contributed by atoms with Crippen LogP contribution in [-0.4, -0.2) is 21.0 Å². The van der Waals surface area contributed by atoms with Crippen LogP contribution in [0.25, 0.3) is 33.1 Å². The Bertz CT molecular complexity index is 1450. The lowest BCUT2D eigenvalue weighted by molar-refractivity contribution is -0.122. The van der Waals surface area contributed by atoms with Gasteiger partial charge in [-0.05, 0) is 61.4 Å². The molecule has 32 heavy (non-hydrogen) atoms. The molecule has 0 fully saturated rings. The molecule has 5 rings (SSSR count). The monoisotopic (exact) mass is 428 g/mol. The number of hydrogen-bond acceptors (Lipinski definition) is 4. The van der Waals surface area contributed by atoms with Gasteiger partial charge < -0.3 is 14.8 Å². The number of aromatic amines is 1. The van der Waals surface area contributed by atoms with Gasteiger partial charge in [-0.1, -0.05) is 17.3 Å². The van der Waals surface area contributed by atoms with Gasteiger partial charge in [-0.15, -0.1) is 0 Å². The standard InChI is InChI=1S/C25H21FN4O2/c1-14-10-19(32-30-14)13-28-25(31)15(2)23-20-12-18(26)6-8-22(20)29-24(23)17-5-7-21-16(11-17)4-3-9-27-21/h3-12,15,29H,13H2,1-2H3,(H,28,31). The lowest BCUT2D eigenvalue weighted by Crippen LogP contribution is -2.27. The topological polar surface area (TPSA) is 83.8 Å². The highest BCUT2D eigenvalue weighted by atomic mass is 19.1. The Balaban J connectivity index is 1.56. The zero-order valence-electron chi connectivity index (χ0n) is 17.6. The molecule has 3 aromatic heterocycles. The first kappa shape index (κ1) is 19.9. The Labute approximate surface area is 183 Å². The van der Waals surface area contributed by atoms with Crippen LogP contribution in [0, 0.1) is 12.7 Å². The van der Waals surface area contributed by atoms with Crippen LogP contribution in [-0.2, 0) is 11.3 Å². The van der Waals surface area contributed by atoms with Crippen molar-refractivity contribution in [2.75, 3.05) is 0 Å². The molecule has 1 unspecified atom stereocenters. The van der Waals surface area contributed by atoms with Gasteiger partial charge >= 0.3 is 0 Å². The Morgan fingerprint density at radius 3 is 2.88 bits per heavy atom. The summed E-state index contributed by atoms with van der Waals surface area (Å²) in [4.78, 5) is 20.8. The fourth-order valence-corrected chi connectivity index (χ4v) is 4.05.